The molecular formula is C15H19N2O+. The van der Waals surface area contributed by atoms with E-state index in [0.29, 0.717) is 6.04 Å². The summed E-state index contributed by atoms with van der Waals surface area (Å²) in [5.74, 6) is 0.899. The summed E-state index contributed by atoms with van der Waals surface area (Å²) in [6.45, 7) is 3.10. The molecule has 0 aliphatic carbocycles. The number of nitrogens with two attached hydrogens (primary N) is 1. The van der Waals surface area contributed by atoms with Gasteiger partial charge in [-0.25, -0.2) is 0 Å². The molecule has 3 nitrogen and oxygen atoms in total. The van der Waals surface area contributed by atoms with Crippen LogP contribution in [0.5, 0.6) is 5.75 Å². The fourth-order valence-electron chi connectivity index (χ4n) is 1.86. The van der Waals surface area contributed by atoms with Crippen LogP contribution in [0.4, 0.5) is 0 Å². The van der Waals surface area contributed by atoms with Crippen molar-refractivity contribution in [1.29, 1.82) is 0 Å². The number of benzene rings is 1. The molecule has 1 heterocycles. The Kier molecular flexibility index (Phi) is 4.31. The smallest absolute Gasteiger partial charge is 0.119 e. The number of aromatic nitrogens is 1. The van der Waals surface area contributed by atoms with Gasteiger partial charge in [0.1, 0.15) is 18.3 Å². The average molecular weight is 243 g/mol. The molecule has 18 heavy (non-hydrogen) atoms. The molecule has 0 bridgehead atoms. The summed E-state index contributed by atoms with van der Waals surface area (Å²) in [7, 11) is 1.69. The predicted octanol–water partition coefficient (Wildman–Crippen LogP) is 1.91. The summed E-state index contributed by atoms with van der Waals surface area (Å²) >= 11 is 0. The molecule has 1 atom stereocenters. The fraction of sp³-hybridized carbons (Fsp3) is 0.267. The third-order valence-corrected chi connectivity index (χ3v) is 3.05. The average Bonchev–Trinajstić information content (AvgIpc) is 2.46. The zero-order valence-corrected chi connectivity index (χ0v) is 10.8. The van der Waals surface area contributed by atoms with Gasteiger partial charge in [0.05, 0.1) is 12.8 Å². The molecule has 94 valence electrons. The van der Waals surface area contributed by atoms with Crippen molar-refractivity contribution in [3.05, 3.63) is 59.9 Å². The number of nitrogens with zero attached hydrogens (tertiary/aromatic N) is 1. The number of ether oxygens (including phenoxy) is 1. The minimum atomic E-state index is 0.415. The van der Waals surface area contributed by atoms with Crippen LogP contribution in [0.3, 0.4) is 0 Å². The van der Waals surface area contributed by atoms with Crippen LogP contribution >= 0.6 is 0 Å². The molecule has 2 N–H and O–H groups in total. The van der Waals surface area contributed by atoms with Crippen LogP contribution in [0.15, 0.2) is 48.7 Å². The van der Waals surface area contributed by atoms with E-state index in [2.05, 4.69) is 35.4 Å². The third-order valence-electron chi connectivity index (χ3n) is 3.05. The van der Waals surface area contributed by atoms with Crippen LogP contribution in [0.2, 0.25) is 0 Å². The molecule has 2 rings (SSSR count). The van der Waals surface area contributed by atoms with E-state index in [4.69, 9.17) is 4.74 Å². The number of hydrogen-bond donors (Lipinski definition) is 1. The summed E-state index contributed by atoms with van der Waals surface area (Å²) in [4.78, 5) is 4.32. The van der Waals surface area contributed by atoms with E-state index in [-0.39, 0.29) is 0 Å². The van der Waals surface area contributed by atoms with E-state index in [1.807, 2.05) is 30.5 Å². The van der Waals surface area contributed by atoms with Gasteiger partial charge in [-0.2, -0.15) is 0 Å². The third kappa shape index (κ3) is 3.31. The van der Waals surface area contributed by atoms with Crippen LogP contribution < -0.4 is 10.1 Å². The quantitative estimate of drug-likeness (QED) is 0.871. The first-order valence-electron chi connectivity index (χ1n) is 6.17. The van der Waals surface area contributed by atoms with Gasteiger partial charge in [-0.05, 0) is 43.3 Å². The van der Waals surface area contributed by atoms with Crippen molar-refractivity contribution < 1.29 is 10.1 Å². The van der Waals surface area contributed by atoms with Crippen molar-refractivity contribution in [3.63, 3.8) is 0 Å². The maximum Gasteiger partial charge on any atom is 0.119 e. The van der Waals surface area contributed by atoms with Crippen LogP contribution in [-0.4, -0.2) is 12.1 Å². The van der Waals surface area contributed by atoms with Gasteiger partial charge in [0.25, 0.3) is 0 Å². The summed E-state index contributed by atoms with van der Waals surface area (Å²) in [5, 5.41) is 2.28. The second kappa shape index (κ2) is 6.17. The van der Waals surface area contributed by atoms with Crippen LogP contribution in [0, 0.1) is 0 Å². The number of rotatable bonds is 5. The summed E-state index contributed by atoms with van der Waals surface area (Å²) < 4.78 is 5.16. The van der Waals surface area contributed by atoms with Crippen LogP contribution in [0.1, 0.15) is 24.2 Å². The molecular weight excluding hydrogens is 224 g/mol. The van der Waals surface area contributed by atoms with Gasteiger partial charge in [0.2, 0.25) is 0 Å². The van der Waals surface area contributed by atoms with Gasteiger partial charge in [0, 0.05) is 11.8 Å². The highest BCUT2D eigenvalue weighted by molar-refractivity contribution is 5.27. The lowest BCUT2D eigenvalue weighted by Gasteiger charge is -2.11. The van der Waals surface area contributed by atoms with E-state index >= 15 is 0 Å². The second-order valence-electron chi connectivity index (χ2n) is 4.32. The molecule has 0 aliphatic rings. The molecule has 1 aromatic heterocycles. The Hall–Kier alpha value is -1.87. The highest BCUT2D eigenvalue weighted by Crippen LogP contribution is 2.14. The summed E-state index contributed by atoms with van der Waals surface area (Å²) in [5.41, 5.74) is 2.41. The van der Waals surface area contributed by atoms with Crippen LogP contribution in [-0.2, 0) is 6.54 Å². The number of hydrogen-bond acceptors (Lipinski definition) is 2. The van der Waals surface area contributed by atoms with E-state index < -0.39 is 0 Å². The molecule has 0 amide bonds. The summed E-state index contributed by atoms with van der Waals surface area (Å²) in [6.07, 6.45) is 1.83. The Morgan fingerprint density at radius 1 is 1.17 bits per heavy atom. The number of pyridine rings is 1. The first-order chi connectivity index (χ1) is 8.79. The fourth-order valence-corrected chi connectivity index (χ4v) is 1.86. The van der Waals surface area contributed by atoms with Gasteiger partial charge in [-0.1, -0.05) is 6.07 Å². The molecule has 3 heteroatoms. The minimum Gasteiger partial charge on any atom is -0.497 e. The number of methoxy groups -OCH3 is 1. The Morgan fingerprint density at radius 2 is 1.94 bits per heavy atom. The van der Waals surface area contributed by atoms with Crippen molar-refractivity contribution in [1.82, 2.24) is 4.98 Å². The lowest BCUT2D eigenvalue weighted by atomic mass is 10.1. The Bertz CT molecular complexity index is 468. The number of quaternary nitrogens is 1. The molecule has 2 aromatic rings. The van der Waals surface area contributed by atoms with Gasteiger partial charge in [-0.3, -0.25) is 4.98 Å². The van der Waals surface area contributed by atoms with Crippen molar-refractivity contribution in [3.8, 4) is 5.75 Å². The van der Waals surface area contributed by atoms with E-state index in [1.54, 1.807) is 7.11 Å². The highest BCUT2D eigenvalue weighted by Gasteiger charge is 2.08. The Morgan fingerprint density at radius 3 is 2.56 bits per heavy atom. The minimum absolute atomic E-state index is 0.415. The lowest BCUT2D eigenvalue weighted by molar-refractivity contribution is -0.708. The molecule has 1 aromatic carbocycles. The zero-order valence-electron chi connectivity index (χ0n) is 10.8. The largest absolute Gasteiger partial charge is 0.497 e. The van der Waals surface area contributed by atoms with Crippen LogP contribution in [0.25, 0.3) is 0 Å². The normalized spacial score (nSPS) is 12.1. The molecule has 0 saturated carbocycles. The van der Waals surface area contributed by atoms with E-state index in [0.717, 1.165) is 18.0 Å². The first kappa shape index (κ1) is 12.6. The maximum atomic E-state index is 5.16. The Balaban J connectivity index is 1.93. The molecule has 0 unspecified atom stereocenters. The first-order valence-corrected chi connectivity index (χ1v) is 6.17. The Labute approximate surface area is 108 Å². The standard InChI is InChI=1S/C15H18N2O/c1-12(13-6-8-15(18-2)9-7-13)17-11-14-5-3-4-10-16-14/h3-10,12,17H,11H2,1-2H3/p+1/t12-/m0/s1. The van der Waals surface area contributed by atoms with E-state index in [1.165, 1.54) is 5.56 Å². The van der Waals surface area contributed by atoms with Crippen molar-refractivity contribution in [2.45, 2.75) is 19.5 Å². The predicted molar refractivity (Wildman–Crippen MR) is 71.3 cm³/mol. The monoisotopic (exact) mass is 243 g/mol. The highest BCUT2D eigenvalue weighted by atomic mass is 16.5. The molecule has 0 saturated heterocycles. The van der Waals surface area contributed by atoms with Crippen molar-refractivity contribution in [2.75, 3.05) is 7.11 Å². The van der Waals surface area contributed by atoms with Crippen molar-refractivity contribution in [2.24, 2.45) is 0 Å². The van der Waals surface area contributed by atoms with Gasteiger partial charge in [0.15, 0.2) is 0 Å². The van der Waals surface area contributed by atoms with E-state index in [9.17, 15) is 0 Å². The maximum absolute atomic E-state index is 5.16. The molecule has 0 fully saturated rings. The van der Waals surface area contributed by atoms with Crippen molar-refractivity contribution >= 4 is 0 Å². The molecule has 0 aliphatic heterocycles. The molecule has 0 spiro atoms. The lowest BCUT2D eigenvalue weighted by Crippen LogP contribution is -2.83. The van der Waals surface area contributed by atoms with Gasteiger partial charge >= 0.3 is 0 Å². The summed E-state index contributed by atoms with van der Waals surface area (Å²) in [6, 6.07) is 14.7. The SMILES string of the molecule is COc1ccc([C@H](C)[NH2+]Cc2ccccn2)cc1. The zero-order chi connectivity index (χ0) is 12.8. The topological polar surface area (TPSA) is 38.7 Å². The molecule has 0 radical (unpaired) electrons. The van der Waals surface area contributed by atoms with Gasteiger partial charge in [-0.15, -0.1) is 0 Å². The van der Waals surface area contributed by atoms with Gasteiger partial charge < -0.3 is 10.1 Å². The second-order valence-corrected chi connectivity index (χ2v) is 4.32.